The Balaban J connectivity index is 2.35. The van der Waals surface area contributed by atoms with Gasteiger partial charge in [0.15, 0.2) is 0 Å². The van der Waals surface area contributed by atoms with Crippen molar-refractivity contribution in [3.63, 3.8) is 0 Å². The van der Waals surface area contributed by atoms with Crippen LogP contribution in [0.3, 0.4) is 0 Å². The molecule has 4 nitrogen and oxygen atoms in total. The summed E-state index contributed by atoms with van der Waals surface area (Å²) >= 11 is 1.52. The van der Waals surface area contributed by atoms with Crippen molar-refractivity contribution in [2.45, 2.75) is 52.0 Å². The molecule has 0 saturated heterocycles. The molecule has 1 fully saturated rings. The van der Waals surface area contributed by atoms with Gasteiger partial charge in [-0.05, 0) is 31.1 Å². The van der Waals surface area contributed by atoms with Crippen LogP contribution in [0.2, 0.25) is 0 Å². The first kappa shape index (κ1) is 16.1. The van der Waals surface area contributed by atoms with Gasteiger partial charge in [0.1, 0.15) is 4.88 Å². The third-order valence-electron chi connectivity index (χ3n) is 4.13. The number of hydrogen-bond donors (Lipinski definition) is 2. The number of nitrogens with two attached hydrogens (primary N) is 1. The average Bonchev–Trinajstić information content (AvgIpc) is 3.19. The first-order valence-electron chi connectivity index (χ1n) is 7.77. The number of anilines is 2. The Morgan fingerprint density at radius 1 is 1.43 bits per heavy atom. The minimum absolute atomic E-state index is 0.00467. The van der Waals surface area contributed by atoms with E-state index in [4.69, 9.17) is 5.73 Å². The molecule has 0 radical (unpaired) electrons. The summed E-state index contributed by atoms with van der Waals surface area (Å²) in [6, 6.07) is 0.419. The molecule has 1 unspecified atom stereocenters. The zero-order valence-electron chi connectivity index (χ0n) is 13.7. The maximum absolute atomic E-state index is 12.3. The van der Waals surface area contributed by atoms with Gasteiger partial charge < -0.3 is 16.0 Å². The number of nitrogens with zero attached hydrogens (tertiary/aromatic N) is 1. The number of amides is 1. The smallest absolute Gasteiger partial charge is 0.265 e. The van der Waals surface area contributed by atoms with Gasteiger partial charge in [0.25, 0.3) is 5.91 Å². The summed E-state index contributed by atoms with van der Waals surface area (Å²) < 4.78 is 0. The van der Waals surface area contributed by atoms with Gasteiger partial charge in [-0.15, -0.1) is 11.3 Å². The molecule has 21 heavy (non-hydrogen) atoms. The molecule has 1 aliphatic rings. The summed E-state index contributed by atoms with van der Waals surface area (Å²) in [6.07, 6.45) is 3.43. The molecular formula is C16H27N3OS. The summed E-state index contributed by atoms with van der Waals surface area (Å²) in [5.41, 5.74) is 8.18. The van der Waals surface area contributed by atoms with Crippen molar-refractivity contribution in [2.24, 2.45) is 5.92 Å². The van der Waals surface area contributed by atoms with Crippen LogP contribution in [0.15, 0.2) is 0 Å². The van der Waals surface area contributed by atoms with Crippen molar-refractivity contribution in [3.05, 3.63) is 10.4 Å². The lowest BCUT2D eigenvalue weighted by Crippen LogP contribution is -2.24. The van der Waals surface area contributed by atoms with Crippen molar-refractivity contribution in [3.8, 4) is 0 Å². The van der Waals surface area contributed by atoms with Crippen LogP contribution >= 0.6 is 11.3 Å². The topological polar surface area (TPSA) is 58.4 Å². The van der Waals surface area contributed by atoms with Crippen LogP contribution in [-0.4, -0.2) is 30.9 Å². The van der Waals surface area contributed by atoms with E-state index >= 15 is 0 Å². The van der Waals surface area contributed by atoms with Crippen LogP contribution < -0.4 is 11.1 Å². The van der Waals surface area contributed by atoms with Crippen LogP contribution in [0.1, 0.15) is 61.2 Å². The highest BCUT2D eigenvalue weighted by molar-refractivity contribution is 7.18. The Morgan fingerprint density at radius 3 is 2.48 bits per heavy atom. The number of hydrogen-bond acceptors (Lipinski definition) is 4. The van der Waals surface area contributed by atoms with Gasteiger partial charge in [0, 0.05) is 25.7 Å². The van der Waals surface area contributed by atoms with E-state index in [1.807, 2.05) is 0 Å². The molecule has 1 aromatic heterocycles. The summed E-state index contributed by atoms with van der Waals surface area (Å²) in [6.45, 7) is 6.64. The Kier molecular flexibility index (Phi) is 4.81. The maximum Gasteiger partial charge on any atom is 0.265 e. The summed E-state index contributed by atoms with van der Waals surface area (Å²) in [5, 5.41) is 4.75. The Bertz CT molecular complexity index is 518. The van der Waals surface area contributed by atoms with Crippen LogP contribution in [0.25, 0.3) is 0 Å². The molecule has 1 saturated carbocycles. The standard InChI is InChI=1S/C16H27N3OS/c1-6-11(9(2)3)18-15-12(10-7-8-10)13(17)14(21-15)16(20)19(4)5/h9-11,18H,6-8,17H2,1-5H3. The molecule has 0 bridgehead atoms. The molecule has 0 aromatic carbocycles. The van der Waals surface area contributed by atoms with E-state index in [2.05, 4.69) is 26.1 Å². The van der Waals surface area contributed by atoms with Crippen molar-refractivity contribution >= 4 is 27.9 Å². The third kappa shape index (κ3) is 3.34. The van der Waals surface area contributed by atoms with Gasteiger partial charge in [-0.3, -0.25) is 4.79 Å². The van der Waals surface area contributed by atoms with E-state index in [-0.39, 0.29) is 5.91 Å². The van der Waals surface area contributed by atoms with E-state index in [1.54, 1.807) is 19.0 Å². The molecule has 3 N–H and O–H groups in total. The van der Waals surface area contributed by atoms with Gasteiger partial charge in [-0.25, -0.2) is 0 Å². The Labute approximate surface area is 131 Å². The number of rotatable bonds is 6. The van der Waals surface area contributed by atoms with E-state index in [0.29, 0.717) is 28.4 Å². The molecule has 0 aliphatic heterocycles. The molecule has 1 aromatic rings. The van der Waals surface area contributed by atoms with Crippen LogP contribution in [-0.2, 0) is 0 Å². The number of carbonyl (C=O) groups excluding carboxylic acids is 1. The predicted octanol–water partition coefficient (Wildman–Crippen LogP) is 3.76. The predicted molar refractivity (Wildman–Crippen MR) is 91.3 cm³/mol. The van der Waals surface area contributed by atoms with Gasteiger partial charge in [-0.2, -0.15) is 0 Å². The largest absolute Gasteiger partial charge is 0.397 e. The zero-order chi connectivity index (χ0) is 15.7. The Morgan fingerprint density at radius 2 is 2.05 bits per heavy atom. The fourth-order valence-electron chi connectivity index (χ4n) is 2.61. The van der Waals surface area contributed by atoms with E-state index < -0.39 is 0 Å². The summed E-state index contributed by atoms with van der Waals surface area (Å²) in [4.78, 5) is 14.6. The highest BCUT2D eigenvalue weighted by Gasteiger charge is 2.33. The van der Waals surface area contributed by atoms with Crippen LogP contribution in [0, 0.1) is 5.92 Å². The number of nitrogens with one attached hydrogen (secondary N) is 1. The molecule has 5 heteroatoms. The molecule has 1 amide bonds. The van der Waals surface area contributed by atoms with Crippen LogP contribution in [0.4, 0.5) is 10.7 Å². The van der Waals surface area contributed by atoms with Gasteiger partial charge in [-0.1, -0.05) is 20.8 Å². The highest BCUT2D eigenvalue weighted by atomic mass is 32.1. The first-order chi connectivity index (χ1) is 9.86. The molecule has 118 valence electrons. The average molecular weight is 309 g/mol. The SMILES string of the molecule is CCC(Nc1sc(C(=O)N(C)C)c(N)c1C1CC1)C(C)C. The summed E-state index contributed by atoms with van der Waals surface area (Å²) in [5.74, 6) is 1.10. The highest BCUT2D eigenvalue weighted by Crippen LogP contribution is 2.51. The second-order valence-electron chi connectivity index (χ2n) is 6.46. The zero-order valence-corrected chi connectivity index (χ0v) is 14.5. The van der Waals surface area contributed by atoms with E-state index in [0.717, 1.165) is 11.4 Å². The number of carbonyl (C=O) groups is 1. The van der Waals surface area contributed by atoms with E-state index in [9.17, 15) is 4.79 Å². The van der Waals surface area contributed by atoms with Gasteiger partial charge in [0.05, 0.1) is 10.7 Å². The monoisotopic (exact) mass is 309 g/mol. The molecule has 1 heterocycles. The lowest BCUT2D eigenvalue weighted by atomic mass is 10.0. The van der Waals surface area contributed by atoms with Gasteiger partial charge >= 0.3 is 0 Å². The molecule has 1 aliphatic carbocycles. The normalized spacial score (nSPS) is 16.1. The minimum atomic E-state index is 0.00467. The van der Waals surface area contributed by atoms with Crippen molar-refractivity contribution in [1.29, 1.82) is 0 Å². The van der Waals surface area contributed by atoms with Gasteiger partial charge in [0.2, 0.25) is 0 Å². The molecule has 0 spiro atoms. The third-order valence-corrected chi connectivity index (χ3v) is 5.27. The molecular weight excluding hydrogens is 282 g/mol. The van der Waals surface area contributed by atoms with Crippen molar-refractivity contribution in [2.75, 3.05) is 25.1 Å². The quantitative estimate of drug-likeness (QED) is 0.841. The van der Waals surface area contributed by atoms with Crippen LogP contribution in [0.5, 0.6) is 0 Å². The molecule has 1 atom stereocenters. The Hall–Kier alpha value is -1.23. The molecule has 2 rings (SSSR count). The second kappa shape index (κ2) is 6.26. The minimum Gasteiger partial charge on any atom is -0.397 e. The van der Waals surface area contributed by atoms with Crippen molar-refractivity contribution in [1.82, 2.24) is 4.90 Å². The lowest BCUT2D eigenvalue weighted by molar-refractivity contribution is 0.0833. The fourth-order valence-corrected chi connectivity index (χ4v) is 3.90. The first-order valence-corrected chi connectivity index (χ1v) is 8.58. The maximum atomic E-state index is 12.3. The lowest BCUT2D eigenvalue weighted by Gasteiger charge is -2.22. The number of nitrogen functional groups attached to an aromatic ring is 1. The fraction of sp³-hybridized carbons (Fsp3) is 0.688. The van der Waals surface area contributed by atoms with Crippen molar-refractivity contribution < 1.29 is 4.79 Å². The van der Waals surface area contributed by atoms with E-state index in [1.165, 1.54) is 29.7 Å². The number of thiophene rings is 1. The second-order valence-corrected chi connectivity index (χ2v) is 7.49. The summed E-state index contributed by atoms with van der Waals surface area (Å²) in [7, 11) is 3.54.